The van der Waals surface area contributed by atoms with Gasteiger partial charge in [-0.05, 0) is 41.5 Å². The van der Waals surface area contributed by atoms with Crippen LogP contribution in [0.1, 0.15) is 5.56 Å². The Hall–Kier alpha value is -3.74. The maximum atomic E-state index is 12.6. The van der Waals surface area contributed by atoms with E-state index in [2.05, 4.69) is 22.1 Å². The van der Waals surface area contributed by atoms with Gasteiger partial charge < -0.3 is 9.47 Å². The van der Waals surface area contributed by atoms with Gasteiger partial charge in [-0.25, -0.2) is 4.68 Å². The third-order valence-corrected chi connectivity index (χ3v) is 5.95. The van der Waals surface area contributed by atoms with Gasteiger partial charge in [0.05, 0.1) is 13.2 Å². The molecular formula is C28H27N3O3. The van der Waals surface area contributed by atoms with Crippen molar-refractivity contribution in [3.63, 3.8) is 0 Å². The number of benzene rings is 3. The molecule has 172 valence electrons. The highest BCUT2D eigenvalue weighted by Crippen LogP contribution is 2.37. The first kappa shape index (κ1) is 22.1. The fourth-order valence-electron chi connectivity index (χ4n) is 4.18. The lowest BCUT2D eigenvalue weighted by molar-refractivity contribution is 0.0342. The van der Waals surface area contributed by atoms with Crippen LogP contribution in [0.15, 0.2) is 89.7 Å². The Morgan fingerprint density at radius 3 is 2.47 bits per heavy atom. The molecule has 6 nitrogen and oxygen atoms in total. The molecule has 34 heavy (non-hydrogen) atoms. The minimum atomic E-state index is -0.154. The second-order valence-corrected chi connectivity index (χ2v) is 8.37. The van der Waals surface area contributed by atoms with Crippen LogP contribution in [0.4, 0.5) is 0 Å². The first-order valence-electron chi connectivity index (χ1n) is 11.5. The minimum Gasteiger partial charge on any atom is -0.457 e. The fourth-order valence-corrected chi connectivity index (χ4v) is 4.18. The smallest absolute Gasteiger partial charge is 0.267 e. The van der Waals surface area contributed by atoms with Crippen LogP contribution in [0.3, 0.4) is 0 Å². The van der Waals surface area contributed by atoms with Crippen LogP contribution in [0.5, 0.6) is 11.5 Å². The number of nitrogens with zero attached hydrogens (tertiary/aromatic N) is 3. The van der Waals surface area contributed by atoms with Crippen molar-refractivity contribution in [2.75, 3.05) is 26.3 Å². The predicted molar refractivity (Wildman–Crippen MR) is 133 cm³/mol. The zero-order valence-electron chi connectivity index (χ0n) is 19.2. The van der Waals surface area contributed by atoms with E-state index in [0.29, 0.717) is 11.4 Å². The summed E-state index contributed by atoms with van der Waals surface area (Å²) in [6.07, 6.45) is 0. The molecule has 0 N–H and O–H groups in total. The van der Waals surface area contributed by atoms with E-state index in [0.717, 1.165) is 55.3 Å². The molecular weight excluding hydrogens is 426 g/mol. The number of hydrogen-bond donors (Lipinski definition) is 0. The molecule has 2 heterocycles. The van der Waals surface area contributed by atoms with E-state index in [1.54, 1.807) is 13.1 Å². The summed E-state index contributed by atoms with van der Waals surface area (Å²) in [6, 6.07) is 27.5. The normalized spacial score (nSPS) is 14.1. The number of hydrogen-bond acceptors (Lipinski definition) is 5. The molecule has 0 bridgehead atoms. The number of rotatable bonds is 6. The zero-order valence-corrected chi connectivity index (χ0v) is 19.2. The summed E-state index contributed by atoms with van der Waals surface area (Å²) in [7, 11) is 1.67. The van der Waals surface area contributed by atoms with E-state index in [9.17, 15) is 4.79 Å². The van der Waals surface area contributed by atoms with Gasteiger partial charge in [0.15, 0.2) is 0 Å². The summed E-state index contributed by atoms with van der Waals surface area (Å²) in [4.78, 5) is 15.0. The van der Waals surface area contributed by atoms with E-state index >= 15 is 0 Å². The Kier molecular flexibility index (Phi) is 6.51. The van der Waals surface area contributed by atoms with Gasteiger partial charge in [-0.3, -0.25) is 9.69 Å². The van der Waals surface area contributed by atoms with Crippen molar-refractivity contribution >= 4 is 0 Å². The van der Waals surface area contributed by atoms with Gasteiger partial charge in [0.1, 0.15) is 17.2 Å². The van der Waals surface area contributed by atoms with E-state index in [1.807, 2.05) is 66.7 Å². The van der Waals surface area contributed by atoms with Crippen molar-refractivity contribution in [3.05, 3.63) is 101 Å². The number of morpholine rings is 1. The average molecular weight is 454 g/mol. The first-order chi connectivity index (χ1) is 16.7. The van der Waals surface area contributed by atoms with Gasteiger partial charge in [0.2, 0.25) is 0 Å². The topological polar surface area (TPSA) is 56.6 Å². The third-order valence-electron chi connectivity index (χ3n) is 5.95. The molecule has 1 aliphatic rings. The molecule has 0 atom stereocenters. The van der Waals surface area contributed by atoms with Crippen LogP contribution in [0, 0.1) is 0 Å². The average Bonchev–Trinajstić information content (AvgIpc) is 2.87. The first-order valence-corrected chi connectivity index (χ1v) is 11.5. The molecule has 3 aromatic carbocycles. The molecule has 6 heteroatoms. The van der Waals surface area contributed by atoms with Crippen LogP contribution in [-0.4, -0.2) is 41.0 Å². The largest absolute Gasteiger partial charge is 0.457 e. The zero-order chi connectivity index (χ0) is 23.3. The lowest BCUT2D eigenvalue weighted by Gasteiger charge is -2.26. The monoisotopic (exact) mass is 453 g/mol. The molecule has 4 aromatic rings. The summed E-state index contributed by atoms with van der Waals surface area (Å²) in [6.45, 7) is 4.22. The maximum absolute atomic E-state index is 12.6. The van der Waals surface area contributed by atoms with Crippen LogP contribution >= 0.6 is 0 Å². The quantitative estimate of drug-likeness (QED) is 0.422. The maximum Gasteiger partial charge on any atom is 0.267 e. The molecule has 1 saturated heterocycles. The Morgan fingerprint density at radius 1 is 0.882 bits per heavy atom. The molecule has 0 amide bonds. The standard InChI is InChI=1S/C28H27N3O3/c1-30-27(32)19-25(22-9-7-8-21(18-22)20-31-14-16-33-17-15-31)28(29-30)24-12-5-6-13-26(24)34-23-10-3-2-4-11-23/h2-13,18-19H,14-17,20H2,1H3. The van der Waals surface area contributed by atoms with Crippen molar-refractivity contribution in [1.29, 1.82) is 0 Å². The third kappa shape index (κ3) is 4.93. The Bertz CT molecular complexity index is 1330. The summed E-state index contributed by atoms with van der Waals surface area (Å²) in [5.41, 5.74) is 4.32. The van der Waals surface area contributed by atoms with Crippen molar-refractivity contribution in [1.82, 2.24) is 14.7 Å². The molecule has 0 radical (unpaired) electrons. The SMILES string of the molecule is Cn1nc(-c2ccccc2Oc2ccccc2)c(-c2cccc(CN3CCOCC3)c2)cc1=O. The minimum absolute atomic E-state index is 0.154. The molecule has 5 rings (SSSR count). The van der Waals surface area contributed by atoms with Gasteiger partial charge in [-0.15, -0.1) is 0 Å². The van der Waals surface area contributed by atoms with Crippen LogP contribution in [0.25, 0.3) is 22.4 Å². The van der Waals surface area contributed by atoms with Gasteiger partial charge in [-0.1, -0.05) is 48.5 Å². The second-order valence-electron chi connectivity index (χ2n) is 8.37. The van der Waals surface area contributed by atoms with Crippen LogP contribution < -0.4 is 10.3 Å². The Morgan fingerprint density at radius 2 is 1.65 bits per heavy atom. The van der Waals surface area contributed by atoms with Crippen molar-refractivity contribution in [2.24, 2.45) is 7.05 Å². The van der Waals surface area contributed by atoms with E-state index in [4.69, 9.17) is 9.47 Å². The summed E-state index contributed by atoms with van der Waals surface area (Å²) >= 11 is 0. The molecule has 0 unspecified atom stereocenters. The Balaban J connectivity index is 1.56. The second kappa shape index (κ2) is 10.0. The van der Waals surface area contributed by atoms with E-state index < -0.39 is 0 Å². The molecule has 0 spiro atoms. The van der Waals surface area contributed by atoms with E-state index in [1.165, 1.54) is 10.2 Å². The molecule has 0 saturated carbocycles. The molecule has 1 fully saturated rings. The van der Waals surface area contributed by atoms with Gasteiger partial charge in [0, 0.05) is 43.9 Å². The molecule has 1 aromatic heterocycles. The summed E-state index contributed by atoms with van der Waals surface area (Å²) < 4.78 is 13.0. The predicted octanol–water partition coefficient (Wildman–Crippen LogP) is 4.74. The van der Waals surface area contributed by atoms with Crippen molar-refractivity contribution in [3.8, 4) is 33.9 Å². The Labute approximate surface area is 199 Å². The van der Waals surface area contributed by atoms with Crippen LogP contribution in [0.2, 0.25) is 0 Å². The highest BCUT2D eigenvalue weighted by molar-refractivity contribution is 5.83. The highest BCUT2D eigenvalue weighted by atomic mass is 16.5. The summed E-state index contributed by atoms with van der Waals surface area (Å²) in [5.74, 6) is 1.43. The van der Waals surface area contributed by atoms with Crippen molar-refractivity contribution in [2.45, 2.75) is 6.54 Å². The lowest BCUT2D eigenvalue weighted by Crippen LogP contribution is -2.35. The van der Waals surface area contributed by atoms with Gasteiger partial charge >= 0.3 is 0 Å². The van der Waals surface area contributed by atoms with Crippen LogP contribution in [-0.2, 0) is 18.3 Å². The van der Waals surface area contributed by atoms with Gasteiger partial charge in [-0.2, -0.15) is 5.10 Å². The number of ether oxygens (including phenoxy) is 2. The van der Waals surface area contributed by atoms with Gasteiger partial charge in [0.25, 0.3) is 5.56 Å². The number of aromatic nitrogens is 2. The molecule has 0 aliphatic carbocycles. The summed E-state index contributed by atoms with van der Waals surface area (Å²) in [5, 5.41) is 4.66. The van der Waals surface area contributed by atoms with Crippen molar-refractivity contribution < 1.29 is 9.47 Å². The lowest BCUT2D eigenvalue weighted by atomic mass is 9.98. The number of aryl methyl sites for hydroxylation is 1. The molecule has 1 aliphatic heterocycles. The van der Waals surface area contributed by atoms with E-state index in [-0.39, 0.29) is 5.56 Å². The fraction of sp³-hybridized carbons (Fsp3) is 0.214. The highest BCUT2D eigenvalue weighted by Gasteiger charge is 2.17. The number of para-hydroxylation sites is 2.